The molecule has 2 aromatic rings. The number of hydrogen-bond donors (Lipinski definition) is 2. The fourth-order valence-corrected chi connectivity index (χ4v) is 4.06. The second kappa shape index (κ2) is 11.5. The SMILES string of the molecule is CN=C(NCCCc1cccc(F)c1)NC1CCN(c2cccs2)CC1.I. The predicted molar refractivity (Wildman–Crippen MR) is 124 cm³/mol. The third-order valence-corrected chi connectivity index (χ3v) is 5.63. The summed E-state index contributed by atoms with van der Waals surface area (Å²) in [7, 11) is 1.81. The minimum absolute atomic E-state index is 0. The van der Waals surface area contributed by atoms with E-state index in [9.17, 15) is 4.39 Å². The third-order valence-electron chi connectivity index (χ3n) is 4.70. The molecule has 1 fully saturated rings. The van der Waals surface area contributed by atoms with Crippen LogP contribution in [0.1, 0.15) is 24.8 Å². The van der Waals surface area contributed by atoms with Crippen molar-refractivity contribution in [2.24, 2.45) is 4.99 Å². The van der Waals surface area contributed by atoms with Crippen molar-refractivity contribution < 1.29 is 4.39 Å². The average Bonchev–Trinajstić information content (AvgIpc) is 3.19. The molecule has 1 aromatic heterocycles. The normalized spacial score (nSPS) is 15.3. The van der Waals surface area contributed by atoms with Gasteiger partial charge in [0.05, 0.1) is 5.00 Å². The van der Waals surface area contributed by atoms with Crippen LogP contribution in [0.2, 0.25) is 0 Å². The van der Waals surface area contributed by atoms with Crippen LogP contribution in [0, 0.1) is 5.82 Å². The van der Waals surface area contributed by atoms with E-state index in [1.165, 1.54) is 11.1 Å². The Morgan fingerprint density at radius 2 is 2.07 bits per heavy atom. The summed E-state index contributed by atoms with van der Waals surface area (Å²) in [4.78, 5) is 6.79. The van der Waals surface area contributed by atoms with Crippen LogP contribution in [0.25, 0.3) is 0 Å². The molecule has 7 heteroatoms. The van der Waals surface area contributed by atoms with E-state index in [0.717, 1.165) is 56.8 Å². The highest BCUT2D eigenvalue weighted by molar-refractivity contribution is 14.0. The summed E-state index contributed by atoms with van der Waals surface area (Å²) in [5, 5.41) is 10.4. The Morgan fingerprint density at radius 1 is 1.26 bits per heavy atom. The van der Waals surface area contributed by atoms with Crippen molar-refractivity contribution in [2.45, 2.75) is 31.7 Å². The minimum atomic E-state index is -0.165. The van der Waals surface area contributed by atoms with E-state index in [2.05, 4.69) is 38.0 Å². The number of hydrogen-bond acceptors (Lipinski definition) is 3. The van der Waals surface area contributed by atoms with Gasteiger partial charge in [0, 0.05) is 32.7 Å². The summed E-state index contributed by atoms with van der Waals surface area (Å²) in [6.45, 7) is 2.98. The smallest absolute Gasteiger partial charge is 0.191 e. The van der Waals surface area contributed by atoms with Crippen molar-refractivity contribution >= 4 is 46.3 Å². The standard InChI is InChI=1S/C20H27FN4S.HI/c1-22-20(23-11-3-6-16-5-2-7-17(21)15-16)24-18-9-12-25(13-10-18)19-8-4-14-26-19;/h2,4-5,7-8,14-15,18H,3,6,9-13H2,1H3,(H2,22,23,24);1H. The maximum absolute atomic E-state index is 13.2. The maximum Gasteiger partial charge on any atom is 0.191 e. The van der Waals surface area contributed by atoms with Gasteiger partial charge in [-0.2, -0.15) is 0 Å². The highest BCUT2D eigenvalue weighted by atomic mass is 127. The van der Waals surface area contributed by atoms with Crippen molar-refractivity contribution in [3.63, 3.8) is 0 Å². The molecule has 1 aliphatic heterocycles. The average molecular weight is 502 g/mol. The van der Waals surface area contributed by atoms with Crippen LogP contribution in [-0.4, -0.2) is 38.7 Å². The van der Waals surface area contributed by atoms with Gasteiger partial charge in [0.1, 0.15) is 5.82 Å². The first-order valence-electron chi connectivity index (χ1n) is 9.24. The fraction of sp³-hybridized carbons (Fsp3) is 0.450. The van der Waals surface area contributed by atoms with Crippen molar-refractivity contribution in [2.75, 3.05) is 31.6 Å². The molecule has 0 amide bonds. The Kier molecular flexibility index (Phi) is 9.33. The number of thiophene rings is 1. The van der Waals surface area contributed by atoms with Crippen LogP contribution in [-0.2, 0) is 6.42 Å². The lowest BCUT2D eigenvalue weighted by Gasteiger charge is -2.33. The predicted octanol–water partition coefficient (Wildman–Crippen LogP) is 4.27. The topological polar surface area (TPSA) is 39.7 Å². The number of anilines is 1. The molecule has 148 valence electrons. The Bertz CT molecular complexity index is 700. The number of rotatable bonds is 6. The highest BCUT2D eigenvalue weighted by Crippen LogP contribution is 2.24. The Labute approximate surface area is 182 Å². The Balaban J connectivity index is 0.00000261. The number of piperidine rings is 1. The zero-order valence-corrected chi connectivity index (χ0v) is 18.8. The van der Waals surface area contributed by atoms with Gasteiger partial charge in [0.15, 0.2) is 5.96 Å². The summed E-state index contributed by atoms with van der Waals surface area (Å²) < 4.78 is 13.2. The van der Waals surface area contributed by atoms with Crippen molar-refractivity contribution in [1.82, 2.24) is 10.6 Å². The maximum atomic E-state index is 13.2. The summed E-state index contributed by atoms with van der Waals surface area (Å²) in [5.74, 6) is 0.695. The van der Waals surface area contributed by atoms with Crippen molar-refractivity contribution in [3.8, 4) is 0 Å². The zero-order valence-electron chi connectivity index (χ0n) is 15.7. The van der Waals surface area contributed by atoms with E-state index in [1.54, 1.807) is 12.1 Å². The highest BCUT2D eigenvalue weighted by Gasteiger charge is 2.20. The monoisotopic (exact) mass is 502 g/mol. The van der Waals surface area contributed by atoms with E-state index in [0.29, 0.717) is 6.04 Å². The first-order valence-corrected chi connectivity index (χ1v) is 10.1. The lowest BCUT2D eigenvalue weighted by atomic mass is 10.1. The van der Waals surface area contributed by atoms with Gasteiger partial charge in [-0.15, -0.1) is 35.3 Å². The number of aryl methyl sites for hydroxylation is 1. The van der Waals surface area contributed by atoms with Crippen LogP contribution >= 0.6 is 35.3 Å². The van der Waals surface area contributed by atoms with Crippen LogP contribution in [0.4, 0.5) is 9.39 Å². The molecule has 0 atom stereocenters. The lowest BCUT2D eigenvalue weighted by Crippen LogP contribution is -2.48. The number of nitrogens with one attached hydrogen (secondary N) is 2. The van der Waals surface area contributed by atoms with Gasteiger partial charge in [0.2, 0.25) is 0 Å². The van der Waals surface area contributed by atoms with Gasteiger partial charge in [-0.25, -0.2) is 4.39 Å². The van der Waals surface area contributed by atoms with Gasteiger partial charge < -0.3 is 15.5 Å². The number of nitrogens with zero attached hydrogens (tertiary/aromatic N) is 2. The molecule has 0 unspecified atom stereocenters. The Hall–Kier alpha value is -1.35. The summed E-state index contributed by atoms with van der Waals surface area (Å²) >= 11 is 1.81. The second-order valence-corrected chi connectivity index (χ2v) is 7.52. The molecule has 3 rings (SSSR count). The quantitative estimate of drug-likeness (QED) is 0.268. The number of guanidine groups is 1. The van der Waals surface area contributed by atoms with Crippen LogP contribution in [0.5, 0.6) is 0 Å². The van der Waals surface area contributed by atoms with Gasteiger partial charge in [0.25, 0.3) is 0 Å². The molecule has 0 spiro atoms. The molecular formula is C20H28FIN4S. The number of halogens is 2. The van der Waals surface area contributed by atoms with Gasteiger partial charge in [-0.05, 0) is 60.9 Å². The van der Waals surface area contributed by atoms with E-state index in [-0.39, 0.29) is 29.8 Å². The molecule has 2 heterocycles. The van der Waals surface area contributed by atoms with Crippen LogP contribution in [0.3, 0.4) is 0 Å². The molecule has 1 saturated heterocycles. The molecule has 0 radical (unpaired) electrons. The Morgan fingerprint density at radius 3 is 2.74 bits per heavy atom. The van der Waals surface area contributed by atoms with E-state index in [4.69, 9.17) is 0 Å². The minimum Gasteiger partial charge on any atom is -0.363 e. The van der Waals surface area contributed by atoms with Gasteiger partial charge in [-0.3, -0.25) is 4.99 Å². The van der Waals surface area contributed by atoms with Crippen LogP contribution in [0.15, 0.2) is 46.8 Å². The molecule has 0 bridgehead atoms. The molecule has 1 aromatic carbocycles. The lowest BCUT2D eigenvalue weighted by molar-refractivity contribution is 0.462. The molecular weight excluding hydrogens is 474 g/mol. The van der Waals surface area contributed by atoms with E-state index in [1.807, 2.05) is 24.5 Å². The van der Waals surface area contributed by atoms with Gasteiger partial charge >= 0.3 is 0 Å². The zero-order chi connectivity index (χ0) is 18.2. The molecule has 4 nitrogen and oxygen atoms in total. The van der Waals surface area contributed by atoms with Gasteiger partial charge in [-0.1, -0.05) is 12.1 Å². The first kappa shape index (κ1) is 21.9. The summed E-state index contributed by atoms with van der Waals surface area (Å²) in [6, 6.07) is 11.6. The fourth-order valence-electron chi connectivity index (χ4n) is 3.27. The van der Waals surface area contributed by atoms with E-state index < -0.39 is 0 Å². The van der Waals surface area contributed by atoms with Crippen LogP contribution < -0.4 is 15.5 Å². The summed E-state index contributed by atoms with van der Waals surface area (Å²) in [5.41, 5.74) is 1.04. The largest absolute Gasteiger partial charge is 0.363 e. The molecule has 2 N–H and O–H groups in total. The van der Waals surface area contributed by atoms with E-state index >= 15 is 0 Å². The van der Waals surface area contributed by atoms with Crippen molar-refractivity contribution in [1.29, 1.82) is 0 Å². The molecule has 1 aliphatic rings. The number of aliphatic imine (C=N–C) groups is 1. The first-order chi connectivity index (χ1) is 12.7. The second-order valence-electron chi connectivity index (χ2n) is 6.59. The summed E-state index contributed by atoms with van der Waals surface area (Å²) in [6.07, 6.45) is 4.03. The molecule has 0 saturated carbocycles. The molecule has 0 aliphatic carbocycles. The van der Waals surface area contributed by atoms with Crippen molar-refractivity contribution in [3.05, 3.63) is 53.2 Å². The number of benzene rings is 1. The third kappa shape index (κ3) is 6.95. The molecule has 27 heavy (non-hydrogen) atoms.